The lowest BCUT2D eigenvalue weighted by Gasteiger charge is -2.38. The molecule has 0 bridgehead atoms. The van der Waals surface area contributed by atoms with Crippen LogP contribution >= 0.6 is 0 Å². The number of carbonyl (C=O) groups is 2. The largest absolute Gasteiger partial charge is 0.497 e. The van der Waals surface area contributed by atoms with Gasteiger partial charge in [0.05, 0.1) is 25.3 Å². The molecule has 8 nitrogen and oxygen atoms in total. The minimum absolute atomic E-state index is 0.233. The van der Waals surface area contributed by atoms with Crippen molar-refractivity contribution in [1.82, 2.24) is 20.0 Å². The number of hydrogen-bond donors (Lipinski definition) is 1. The maximum Gasteiger partial charge on any atom is 0.338 e. The Morgan fingerprint density at radius 3 is 2.38 bits per heavy atom. The van der Waals surface area contributed by atoms with Gasteiger partial charge in [-0.1, -0.05) is 12.1 Å². The van der Waals surface area contributed by atoms with E-state index in [9.17, 15) is 9.59 Å². The molecular weight excluding hydrogens is 372 g/mol. The summed E-state index contributed by atoms with van der Waals surface area (Å²) in [5.74, 6) is 0.316. The van der Waals surface area contributed by atoms with Crippen LogP contribution in [0.5, 0.6) is 5.75 Å². The number of piperazine rings is 1. The van der Waals surface area contributed by atoms with Gasteiger partial charge in [0, 0.05) is 45.5 Å². The molecule has 2 aliphatic heterocycles. The third-order valence-electron chi connectivity index (χ3n) is 5.49. The summed E-state index contributed by atoms with van der Waals surface area (Å²) in [4.78, 5) is 31.7. The number of likely N-dealkylation sites (N-methyl/N-ethyl adjacent to an activating group) is 2. The summed E-state index contributed by atoms with van der Waals surface area (Å²) >= 11 is 0. The minimum Gasteiger partial charge on any atom is -0.497 e. The van der Waals surface area contributed by atoms with Gasteiger partial charge in [0.25, 0.3) is 0 Å². The first-order chi connectivity index (χ1) is 13.9. The van der Waals surface area contributed by atoms with E-state index < -0.39 is 12.0 Å². The molecule has 1 saturated heterocycles. The van der Waals surface area contributed by atoms with Gasteiger partial charge < -0.3 is 19.7 Å². The summed E-state index contributed by atoms with van der Waals surface area (Å²) in [5, 5.41) is 2.94. The number of methoxy groups -OCH3 is 1. The van der Waals surface area contributed by atoms with Gasteiger partial charge >= 0.3 is 12.0 Å². The Labute approximate surface area is 172 Å². The number of hydrogen-bond acceptors (Lipinski definition) is 6. The third-order valence-corrected chi connectivity index (χ3v) is 5.49. The number of urea groups is 1. The topological polar surface area (TPSA) is 74.4 Å². The maximum atomic E-state index is 13.0. The van der Waals surface area contributed by atoms with E-state index >= 15 is 0 Å². The number of nitrogens with one attached hydrogen (secondary N) is 1. The van der Waals surface area contributed by atoms with Crippen molar-refractivity contribution >= 4 is 12.0 Å². The van der Waals surface area contributed by atoms with E-state index in [-0.39, 0.29) is 12.6 Å². The number of benzene rings is 1. The molecule has 1 atom stereocenters. The standard InChI is InChI=1S/C21H30N4O4/c1-5-29-20(26)18-17(14-25-12-10-23(2)11-13-25)24(3)21(27)22-19(18)15-6-8-16(28-4)9-7-15/h6-9,19H,5,10-14H2,1-4H3,(H,22,27). The van der Waals surface area contributed by atoms with Gasteiger partial charge in [-0.3, -0.25) is 9.80 Å². The second kappa shape index (κ2) is 9.28. The summed E-state index contributed by atoms with van der Waals surface area (Å²) in [5.41, 5.74) is 1.99. The van der Waals surface area contributed by atoms with Crippen LogP contribution in [-0.2, 0) is 9.53 Å². The van der Waals surface area contributed by atoms with E-state index in [0.29, 0.717) is 23.6 Å². The van der Waals surface area contributed by atoms with Crippen LogP contribution in [0.2, 0.25) is 0 Å². The van der Waals surface area contributed by atoms with E-state index in [0.717, 1.165) is 31.7 Å². The van der Waals surface area contributed by atoms with Gasteiger partial charge in [0.2, 0.25) is 0 Å². The minimum atomic E-state index is -0.564. The van der Waals surface area contributed by atoms with E-state index in [1.807, 2.05) is 24.3 Å². The van der Waals surface area contributed by atoms with Gasteiger partial charge in [-0.2, -0.15) is 0 Å². The van der Waals surface area contributed by atoms with E-state index in [2.05, 4.69) is 22.2 Å². The molecule has 0 saturated carbocycles. The van der Waals surface area contributed by atoms with Crippen molar-refractivity contribution in [2.24, 2.45) is 0 Å². The molecule has 2 aliphatic rings. The number of esters is 1. The Balaban J connectivity index is 1.99. The van der Waals surface area contributed by atoms with Crippen molar-refractivity contribution in [3.05, 3.63) is 41.1 Å². The lowest BCUT2D eigenvalue weighted by Crippen LogP contribution is -2.51. The van der Waals surface area contributed by atoms with Crippen molar-refractivity contribution < 1.29 is 19.1 Å². The zero-order valence-corrected chi connectivity index (χ0v) is 17.6. The highest BCUT2D eigenvalue weighted by Gasteiger charge is 2.37. The molecule has 0 aromatic heterocycles. The van der Waals surface area contributed by atoms with Crippen LogP contribution in [0, 0.1) is 0 Å². The molecule has 2 amide bonds. The van der Waals surface area contributed by atoms with Gasteiger partial charge in [-0.05, 0) is 31.7 Å². The fourth-order valence-electron chi connectivity index (χ4n) is 3.66. The monoisotopic (exact) mass is 402 g/mol. The summed E-state index contributed by atoms with van der Waals surface area (Å²) in [6, 6.07) is 6.57. The van der Waals surface area contributed by atoms with Gasteiger partial charge in [-0.25, -0.2) is 9.59 Å². The lowest BCUT2D eigenvalue weighted by atomic mass is 9.94. The summed E-state index contributed by atoms with van der Waals surface area (Å²) in [6.07, 6.45) is 0. The summed E-state index contributed by atoms with van der Waals surface area (Å²) < 4.78 is 10.6. The van der Waals surface area contributed by atoms with Crippen molar-refractivity contribution in [2.75, 3.05) is 60.5 Å². The second-order valence-corrected chi connectivity index (χ2v) is 7.37. The maximum absolute atomic E-state index is 13.0. The highest BCUT2D eigenvalue weighted by Crippen LogP contribution is 2.32. The van der Waals surface area contributed by atoms with Gasteiger partial charge in [-0.15, -0.1) is 0 Å². The molecule has 1 fully saturated rings. The SMILES string of the molecule is CCOC(=O)C1=C(CN2CCN(C)CC2)N(C)C(=O)NC1c1ccc(OC)cc1. The average Bonchev–Trinajstić information content (AvgIpc) is 2.73. The molecule has 1 aromatic rings. The molecule has 3 rings (SSSR count). The van der Waals surface area contributed by atoms with Crippen LogP contribution in [-0.4, -0.2) is 87.2 Å². The Morgan fingerprint density at radius 2 is 1.79 bits per heavy atom. The first-order valence-electron chi connectivity index (χ1n) is 9.93. The first kappa shape index (κ1) is 21.1. The third kappa shape index (κ3) is 4.71. The lowest BCUT2D eigenvalue weighted by molar-refractivity contribution is -0.139. The molecule has 1 aromatic carbocycles. The van der Waals surface area contributed by atoms with Crippen LogP contribution < -0.4 is 10.1 Å². The molecular formula is C21H30N4O4. The second-order valence-electron chi connectivity index (χ2n) is 7.37. The normalized spacial score (nSPS) is 21.2. The molecule has 1 unspecified atom stereocenters. The average molecular weight is 402 g/mol. The fraction of sp³-hybridized carbons (Fsp3) is 0.524. The number of ether oxygens (including phenoxy) is 2. The van der Waals surface area contributed by atoms with Crippen LogP contribution in [0.25, 0.3) is 0 Å². The predicted octanol–water partition coefficient (Wildman–Crippen LogP) is 1.46. The van der Waals surface area contributed by atoms with Crippen LogP contribution in [0.4, 0.5) is 4.79 Å². The smallest absolute Gasteiger partial charge is 0.338 e. The molecule has 1 N–H and O–H groups in total. The molecule has 0 aliphatic carbocycles. The van der Waals surface area contributed by atoms with E-state index in [1.165, 1.54) is 4.90 Å². The summed E-state index contributed by atoms with van der Waals surface area (Å²) in [6.45, 7) is 6.28. The number of rotatable bonds is 6. The Hall–Kier alpha value is -2.58. The number of carbonyl (C=O) groups excluding carboxylic acids is 2. The van der Waals surface area contributed by atoms with E-state index in [1.54, 1.807) is 21.1 Å². The highest BCUT2D eigenvalue weighted by atomic mass is 16.5. The predicted molar refractivity (Wildman–Crippen MR) is 110 cm³/mol. The zero-order chi connectivity index (χ0) is 21.0. The summed E-state index contributed by atoms with van der Waals surface area (Å²) in [7, 11) is 5.40. The number of nitrogens with zero attached hydrogens (tertiary/aromatic N) is 3. The van der Waals surface area contributed by atoms with Crippen molar-refractivity contribution in [3.63, 3.8) is 0 Å². The molecule has 0 spiro atoms. The van der Waals surface area contributed by atoms with E-state index in [4.69, 9.17) is 9.47 Å². The molecule has 8 heteroatoms. The van der Waals surface area contributed by atoms with Crippen molar-refractivity contribution in [2.45, 2.75) is 13.0 Å². The Bertz CT molecular complexity index is 769. The molecule has 2 heterocycles. The number of amides is 2. The van der Waals surface area contributed by atoms with Crippen molar-refractivity contribution in [3.8, 4) is 5.75 Å². The highest BCUT2D eigenvalue weighted by molar-refractivity contribution is 5.95. The van der Waals surface area contributed by atoms with Crippen molar-refractivity contribution in [1.29, 1.82) is 0 Å². The quantitative estimate of drug-likeness (QED) is 0.726. The molecule has 158 valence electrons. The van der Waals surface area contributed by atoms with Gasteiger partial charge in [0.15, 0.2) is 0 Å². The molecule has 0 radical (unpaired) electrons. The van der Waals surface area contributed by atoms with Gasteiger partial charge in [0.1, 0.15) is 5.75 Å². The van der Waals surface area contributed by atoms with Crippen LogP contribution in [0.1, 0.15) is 18.5 Å². The first-order valence-corrected chi connectivity index (χ1v) is 9.93. The fourth-order valence-corrected chi connectivity index (χ4v) is 3.66. The molecule has 29 heavy (non-hydrogen) atoms. The van der Waals surface area contributed by atoms with Crippen LogP contribution in [0.15, 0.2) is 35.5 Å². The zero-order valence-electron chi connectivity index (χ0n) is 17.6. The Morgan fingerprint density at radius 1 is 1.14 bits per heavy atom. The van der Waals surface area contributed by atoms with Crippen LogP contribution in [0.3, 0.4) is 0 Å². The Kier molecular flexibility index (Phi) is 6.76.